The van der Waals surface area contributed by atoms with Crippen LogP contribution in [-0.2, 0) is 10.0 Å². The summed E-state index contributed by atoms with van der Waals surface area (Å²) in [6, 6.07) is 3.32. The van der Waals surface area contributed by atoms with E-state index in [1.54, 1.807) is 22.6 Å². The summed E-state index contributed by atoms with van der Waals surface area (Å²) in [5.74, 6) is 0. The van der Waals surface area contributed by atoms with Crippen molar-refractivity contribution in [1.82, 2.24) is 14.6 Å². The van der Waals surface area contributed by atoms with Crippen molar-refractivity contribution >= 4 is 10.0 Å². The fourth-order valence-corrected chi connectivity index (χ4v) is 5.25. The van der Waals surface area contributed by atoms with E-state index in [-0.39, 0.29) is 5.54 Å². The van der Waals surface area contributed by atoms with E-state index >= 15 is 0 Å². The van der Waals surface area contributed by atoms with Gasteiger partial charge < -0.3 is 5.32 Å². The summed E-state index contributed by atoms with van der Waals surface area (Å²) in [5.41, 5.74) is -0.231. The number of piperazine rings is 1. The highest BCUT2D eigenvalue weighted by molar-refractivity contribution is 7.89. The van der Waals surface area contributed by atoms with Crippen LogP contribution in [0.2, 0.25) is 0 Å². The predicted octanol–water partition coefficient (Wildman–Crippen LogP) is 1.38. The predicted molar refractivity (Wildman–Crippen MR) is 76.8 cm³/mol. The summed E-state index contributed by atoms with van der Waals surface area (Å²) in [6.45, 7) is 2.05. The van der Waals surface area contributed by atoms with Crippen LogP contribution < -0.4 is 5.32 Å². The van der Waals surface area contributed by atoms with Crippen LogP contribution >= 0.6 is 0 Å². The Bertz CT molecular complexity index is 545. The van der Waals surface area contributed by atoms with Crippen molar-refractivity contribution in [2.24, 2.45) is 0 Å². The molecule has 3 rings (SSSR count). The summed E-state index contributed by atoms with van der Waals surface area (Å²) in [7, 11) is -3.44. The van der Waals surface area contributed by atoms with Crippen molar-refractivity contribution in [2.45, 2.75) is 42.5 Å². The zero-order chi connectivity index (χ0) is 14.1. The summed E-state index contributed by atoms with van der Waals surface area (Å²) >= 11 is 0. The number of nitrogens with one attached hydrogen (secondary N) is 1. The molecule has 2 aliphatic rings. The molecule has 0 bridgehead atoms. The SMILES string of the molecule is O=S(=O)(c1cccnc1)N1CCNCC12CCCCC2. The third-order valence-corrected chi connectivity index (χ3v) is 6.47. The van der Waals surface area contributed by atoms with Crippen molar-refractivity contribution in [2.75, 3.05) is 19.6 Å². The number of sulfonamides is 1. The van der Waals surface area contributed by atoms with Gasteiger partial charge >= 0.3 is 0 Å². The molecule has 20 heavy (non-hydrogen) atoms. The molecule has 2 heterocycles. The monoisotopic (exact) mass is 295 g/mol. The lowest BCUT2D eigenvalue weighted by atomic mass is 9.80. The maximum Gasteiger partial charge on any atom is 0.245 e. The molecule has 0 atom stereocenters. The smallest absolute Gasteiger partial charge is 0.245 e. The number of hydrogen-bond donors (Lipinski definition) is 1. The molecule has 1 spiro atoms. The van der Waals surface area contributed by atoms with E-state index < -0.39 is 10.0 Å². The number of nitrogens with zero attached hydrogens (tertiary/aromatic N) is 2. The van der Waals surface area contributed by atoms with E-state index in [1.807, 2.05) is 0 Å². The van der Waals surface area contributed by atoms with Gasteiger partial charge in [-0.15, -0.1) is 0 Å². The van der Waals surface area contributed by atoms with Crippen molar-refractivity contribution in [1.29, 1.82) is 0 Å². The van der Waals surface area contributed by atoms with Gasteiger partial charge in [-0.05, 0) is 25.0 Å². The highest BCUT2D eigenvalue weighted by Crippen LogP contribution is 2.37. The average molecular weight is 295 g/mol. The Morgan fingerprint density at radius 2 is 2.05 bits per heavy atom. The van der Waals surface area contributed by atoms with Crippen LogP contribution in [0.15, 0.2) is 29.4 Å². The van der Waals surface area contributed by atoms with E-state index in [1.165, 1.54) is 12.6 Å². The third-order valence-electron chi connectivity index (χ3n) is 4.48. The van der Waals surface area contributed by atoms with E-state index in [0.29, 0.717) is 11.4 Å². The fraction of sp³-hybridized carbons (Fsp3) is 0.643. The topological polar surface area (TPSA) is 62.3 Å². The third kappa shape index (κ3) is 2.36. The van der Waals surface area contributed by atoms with Crippen LogP contribution in [0.4, 0.5) is 0 Å². The number of pyridine rings is 1. The van der Waals surface area contributed by atoms with Crippen LogP contribution in [0.5, 0.6) is 0 Å². The summed E-state index contributed by atoms with van der Waals surface area (Å²) < 4.78 is 27.6. The van der Waals surface area contributed by atoms with Crippen molar-refractivity contribution in [3.63, 3.8) is 0 Å². The molecule has 1 aliphatic heterocycles. The van der Waals surface area contributed by atoms with Gasteiger partial charge in [-0.1, -0.05) is 19.3 Å². The van der Waals surface area contributed by atoms with E-state index in [4.69, 9.17) is 0 Å². The van der Waals surface area contributed by atoms with Gasteiger partial charge in [0.2, 0.25) is 10.0 Å². The minimum Gasteiger partial charge on any atom is -0.314 e. The molecular weight excluding hydrogens is 274 g/mol. The van der Waals surface area contributed by atoms with Gasteiger partial charge in [0, 0.05) is 37.6 Å². The largest absolute Gasteiger partial charge is 0.314 e. The van der Waals surface area contributed by atoms with Crippen LogP contribution in [-0.4, -0.2) is 42.9 Å². The number of rotatable bonds is 2. The molecule has 1 aliphatic carbocycles. The van der Waals surface area contributed by atoms with Crippen molar-refractivity contribution < 1.29 is 8.42 Å². The quantitative estimate of drug-likeness (QED) is 0.895. The molecule has 2 fully saturated rings. The Kier molecular flexibility index (Phi) is 3.79. The molecule has 1 saturated heterocycles. The zero-order valence-electron chi connectivity index (χ0n) is 11.6. The first-order valence-electron chi connectivity index (χ1n) is 7.29. The van der Waals surface area contributed by atoms with E-state index in [2.05, 4.69) is 10.3 Å². The van der Waals surface area contributed by atoms with Gasteiger partial charge in [-0.25, -0.2) is 8.42 Å². The maximum atomic E-state index is 12.9. The molecule has 110 valence electrons. The lowest BCUT2D eigenvalue weighted by Crippen LogP contribution is -2.63. The molecular formula is C14H21N3O2S. The van der Waals surface area contributed by atoms with Gasteiger partial charge in [0.25, 0.3) is 0 Å². The van der Waals surface area contributed by atoms with Crippen LogP contribution in [0.3, 0.4) is 0 Å². The number of hydrogen-bond acceptors (Lipinski definition) is 4. The lowest BCUT2D eigenvalue weighted by molar-refractivity contribution is 0.101. The van der Waals surface area contributed by atoms with Gasteiger partial charge in [0.05, 0.1) is 0 Å². The molecule has 1 N–H and O–H groups in total. The van der Waals surface area contributed by atoms with Gasteiger partial charge in [0.15, 0.2) is 0 Å². The molecule has 1 aromatic rings. The van der Waals surface area contributed by atoms with Crippen molar-refractivity contribution in [3.05, 3.63) is 24.5 Å². The van der Waals surface area contributed by atoms with Crippen LogP contribution in [0, 0.1) is 0 Å². The highest BCUT2D eigenvalue weighted by Gasteiger charge is 2.46. The normalized spacial score (nSPS) is 23.8. The summed E-state index contributed by atoms with van der Waals surface area (Å²) in [4.78, 5) is 4.27. The molecule has 0 aromatic carbocycles. The molecule has 1 saturated carbocycles. The fourth-order valence-electron chi connectivity index (χ4n) is 3.47. The standard InChI is InChI=1S/C14H21N3O2S/c18-20(19,13-5-4-8-15-11-13)17-10-9-16-12-14(17)6-2-1-3-7-14/h4-5,8,11,16H,1-3,6-7,9-10,12H2. The molecule has 5 nitrogen and oxygen atoms in total. The Morgan fingerprint density at radius 3 is 2.75 bits per heavy atom. The minimum absolute atomic E-state index is 0.231. The first-order valence-corrected chi connectivity index (χ1v) is 8.73. The molecule has 0 unspecified atom stereocenters. The lowest BCUT2D eigenvalue weighted by Gasteiger charge is -2.48. The average Bonchev–Trinajstić information content (AvgIpc) is 2.49. The first kappa shape index (κ1) is 14.0. The second kappa shape index (κ2) is 5.42. The molecule has 6 heteroatoms. The Balaban J connectivity index is 1.97. The van der Waals surface area contributed by atoms with Crippen molar-refractivity contribution in [3.8, 4) is 0 Å². The second-order valence-corrected chi connectivity index (χ2v) is 7.59. The van der Waals surface area contributed by atoms with Crippen LogP contribution in [0.1, 0.15) is 32.1 Å². The van der Waals surface area contributed by atoms with Crippen LogP contribution in [0.25, 0.3) is 0 Å². The van der Waals surface area contributed by atoms with E-state index in [0.717, 1.165) is 38.8 Å². The highest BCUT2D eigenvalue weighted by atomic mass is 32.2. The summed E-state index contributed by atoms with van der Waals surface area (Å²) in [5, 5.41) is 3.38. The van der Waals surface area contributed by atoms with E-state index in [9.17, 15) is 8.42 Å². The summed E-state index contributed by atoms with van der Waals surface area (Å²) in [6.07, 6.45) is 8.41. The van der Waals surface area contributed by atoms with Gasteiger partial charge in [0.1, 0.15) is 4.90 Å². The Hall–Kier alpha value is -0.980. The van der Waals surface area contributed by atoms with Gasteiger partial charge in [-0.3, -0.25) is 4.98 Å². The molecule has 0 amide bonds. The number of aromatic nitrogens is 1. The second-order valence-electron chi connectivity index (χ2n) is 5.73. The first-order chi connectivity index (χ1) is 9.65. The minimum atomic E-state index is -3.44. The Labute approximate surface area is 120 Å². The Morgan fingerprint density at radius 1 is 1.25 bits per heavy atom. The maximum absolute atomic E-state index is 12.9. The molecule has 1 aromatic heterocycles. The zero-order valence-corrected chi connectivity index (χ0v) is 12.4. The molecule has 0 radical (unpaired) electrons. The van der Waals surface area contributed by atoms with Gasteiger partial charge in [-0.2, -0.15) is 4.31 Å².